The molecule has 0 amide bonds. The fourth-order valence-corrected chi connectivity index (χ4v) is 1.43. The highest BCUT2D eigenvalue weighted by atomic mass is 35.5. The Morgan fingerprint density at radius 3 is 2.28 bits per heavy atom. The van der Waals surface area contributed by atoms with E-state index in [4.69, 9.17) is 11.6 Å². The Labute approximate surface area is 114 Å². The van der Waals surface area contributed by atoms with Crippen LogP contribution in [0, 0.1) is 11.8 Å². The summed E-state index contributed by atoms with van der Waals surface area (Å²) < 4.78 is 0. The highest BCUT2D eigenvalue weighted by molar-refractivity contribution is 6.30. The maximum Gasteiger partial charge on any atom is 0.174 e. The SMILES string of the molecule is CC(C)N=C(C#Cc1ccc(Cl)cc1)NC(C)C. The van der Waals surface area contributed by atoms with Gasteiger partial charge in [0.1, 0.15) is 0 Å². The Bertz CT molecular complexity index is 462. The molecular weight excluding hydrogens is 244 g/mol. The molecule has 0 bridgehead atoms. The van der Waals surface area contributed by atoms with Crippen molar-refractivity contribution in [1.29, 1.82) is 0 Å². The molecule has 1 aromatic rings. The molecule has 0 saturated carbocycles. The van der Waals surface area contributed by atoms with Crippen molar-refractivity contribution in [3.8, 4) is 11.8 Å². The molecule has 18 heavy (non-hydrogen) atoms. The monoisotopic (exact) mass is 262 g/mol. The minimum atomic E-state index is 0.228. The number of hydrogen-bond donors (Lipinski definition) is 1. The maximum atomic E-state index is 5.83. The molecule has 3 heteroatoms. The van der Waals surface area contributed by atoms with Crippen molar-refractivity contribution in [2.75, 3.05) is 0 Å². The number of rotatable bonds is 2. The summed E-state index contributed by atoms with van der Waals surface area (Å²) in [6.07, 6.45) is 0. The third-order valence-electron chi connectivity index (χ3n) is 1.98. The number of benzene rings is 1. The van der Waals surface area contributed by atoms with Crippen molar-refractivity contribution in [3.63, 3.8) is 0 Å². The van der Waals surface area contributed by atoms with Crippen molar-refractivity contribution < 1.29 is 0 Å². The van der Waals surface area contributed by atoms with Gasteiger partial charge in [0.15, 0.2) is 5.84 Å². The Morgan fingerprint density at radius 2 is 1.78 bits per heavy atom. The molecule has 0 aromatic heterocycles. The summed E-state index contributed by atoms with van der Waals surface area (Å²) in [5.74, 6) is 6.88. The minimum Gasteiger partial charge on any atom is -0.361 e. The molecule has 2 nitrogen and oxygen atoms in total. The van der Waals surface area contributed by atoms with Gasteiger partial charge in [0.05, 0.1) is 0 Å². The molecule has 0 fully saturated rings. The summed E-state index contributed by atoms with van der Waals surface area (Å²) in [4.78, 5) is 4.46. The lowest BCUT2D eigenvalue weighted by Gasteiger charge is -2.09. The largest absolute Gasteiger partial charge is 0.361 e. The fraction of sp³-hybridized carbons (Fsp3) is 0.400. The molecule has 0 aliphatic heterocycles. The molecule has 1 N–H and O–H groups in total. The van der Waals surface area contributed by atoms with Crippen LogP contribution in [0.2, 0.25) is 5.02 Å². The number of nitrogens with one attached hydrogen (secondary N) is 1. The van der Waals surface area contributed by atoms with E-state index in [-0.39, 0.29) is 6.04 Å². The average molecular weight is 263 g/mol. The molecule has 0 atom stereocenters. The molecule has 0 heterocycles. The van der Waals surface area contributed by atoms with E-state index in [1.54, 1.807) is 0 Å². The van der Waals surface area contributed by atoms with Crippen LogP contribution >= 0.6 is 11.6 Å². The highest BCUT2D eigenvalue weighted by Crippen LogP contribution is 2.08. The smallest absolute Gasteiger partial charge is 0.174 e. The molecule has 0 saturated heterocycles. The normalized spacial score (nSPS) is 11.4. The van der Waals surface area contributed by atoms with E-state index in [2.05, 4.69) is 36.0 Å². The van der Waals surface area contributed by atoms with E-state index in [0.717, 1.165) is 16.4 Å². The summed E-state index contributed by atoms with van der Waals surface area (Å²) in [5.41, 5.74) is 0.932. The molecule has 0 radical (unpaired) electrons. The van der Waals surface area contributed by atoms with E-state index in [1.807, 2.05) is 38.1 Å². The summed E-state index contributed by atoms with van der Waals surface area (Å²) in [6, 6.07) is 8.02. The Hall–Kier alpha value is -1.46. The second-order valence-electron chi connectivity index (χ2n) is 4.63. The molecule has 1 rings (SSSR count). The second kappa shape index (κ2) is 7.08. The lowest BCUT2D eigenvalue weighted by molar-refractivity contribution is 0.723. The van der Waals surface area contributed by atoms with Crippen molar-refractivity contribution in [3.05, 3.63) is 34.9 Å². The standard InChI is InChI=1S/C15H19ClN2/c1-11(2)17-15(18-12(3)4)10-7-13-5-8-14(16)9-6-13/h5-6,8-9,11-12H,1-4H3,(H,17,18). The number of nitrogens with zero attached hydrogens (tertiary/aromatic N) is 1. The first kappa shape index (κ1) is 14.6. The number of halogens is 1. The van der Waals surface area contributed by atoms with Gasteiger partial charge in [-0.25, -0.2) is 0 Å². The molecule has 0 aliphatic rings. The van der Waals surface area contributed by atoms with Crippen LogP contribution in [0.4, 0.5) is 0 Å². The predicted octanol–water partition coefficient (Wildman–Crippen LogP) is 3.50. The van der Waals surface area contributed by atoms with Crippen LogP contribution in [0.15, 0.2) is 29.3 Å². The quantitative estimate of drug-likeness (QED) is 0.492. The van der Waals surface area contributed by atoms with Gasteiger partial charge in [0.2, 0.25) is 0 Å². The molecule has 96 valence electrons. The summed E-state index contributed by atoms with van der Waals surface area (Å²) in [6.45, 7) is 8.21. The van der Waals surface area contributed by atoms with Crippen LogP contribution in [-0.2, 0) is 0 Å². The zero-order chi connectivity index (χ0) is 13.5. The third kappa shape index (κ3) is 5.75. The van der Waals surface area contributed by atoms with Crippen LogP contribution in [-0.4, -0.2) is 17.9 Å². The van der Waals surface area contributed by atoms with Crippen LogP contribution in [0.3, 0.4) is 0 Å². The topological polar surface area (TPSA) is 24.4 Å². The summed E-state index contributed by atoms with van der Waals surface area (Å²) >= 11 is 5.83. The van der Waals surface area contributed by atoms with Crippen LogP contribution < -0.4 is 5.32 Å². The number of aliphatic imine (C=N–C) groups is 1. The third-order valence-corrected chi connectivity index (χ3v) is 2.23. The first-order valence-corrected chi connectivity index (χ1v) is 6.47. The zero-order valence-corrected chi connectivity index (χ0v) is 12.0. The fourth-order valence-electron chi connectivity index (χ4n) is 1.30. The lowest BCUT2D eigenvalue weighted by atomic mass is 10.2. The van der Waals surface area contributed by atoms with Crippen molar-refractivity contribution >= 4 is 17.4 Å². The van der Waals surface area contributed by atoms with Gasteiger partial charge in [0, 0.05) is 22.7 Å². The van der Waals surface area contributed by atoms with Gasteiger partial charge in [-0.3, -0.25) is 4.99 Å². The second-order valence-corrected chi connectivity index (χ2v) is 5.06. The molecular formula is C15H19ClN2. The van der Waals surface area contributed by atoms with Gasteiger partial charge >= 0.3 is 0 Å². The first-order valence-electron chi connectivity index (χ1n) is 6.09. The van der Waals surface area contributed by atoms with E-state index in [9.17, 15) is 0 Å². The number of hydrogen-bond acceptors (Lipinski definition) is 1. The molecule has 1 aromatic carbocycles. The Morgan fingerprint density at radius 1 is 1.17 bits per heavy atom. The van der Waals surface area contributed by atoms with Gasteiger partial charge in [-0.1, -0.05) is 17.5 Å². The van der Waals surface area contributed by atoms with Gasteiger partial charge in [-0.2, -0.15) is 0 Å². The average Bonchev–Trinajstić information content (AvgIpc) is 2.26. The van der Waals surface area contributed by atoms with Crippen molar-refractivity contribution in [1.82, 2.24) is 5.32 Å². The zero-order valence-electron chi connectivity index (χ0n) is 11.3. The molecule has 0 aliphatic carbocycles. The first-order chi connectivity index (χ1) is 8.47. The molecule has 0 unspecified atom stereocenters. The Kier molecular flexibility index (Phi) is 5.74. The van der Waals surface area contributed by atoms with E-state index >= 15 is 0 Å². The van der Waals surface area contributed by atoms with E-state index < -0.39 is 0 Å². The van der Waals surface area contributed by atoms with Crippen LogP contribution in [0.25, 0.3) is 0 Å². The van der Waals surface area contributed by atoms with E-state index in [1.165, 1.54) is 0 Å². The Balaban J connectivity index is 2.87. The van der Waals surface area contributed by atoms with Crippen LogP contribution in [0.1, 0.15) is 33.3 Å². The minimum absolute atomic E-state index is 0.228. The van der Waals surface area contributed by atoms with Crippen molar-refractivity contribution in [2.45, 2.75) is 39.8 Å². The van der Waals surface area contributed by atoms with Gasteiger partial charge in [0.25, 0.3) is 0 Å². The van der Waals surface area contributed by atoms with Gasteiger partial charge < -0.3 is 5.32 Å². The van der Waals surface area contributed by atoms with Crippen molar-refractivity contribution in [2.24, 2.45) is 4.99 Å². The van der Waals surface area contributed by atoms with Gasteiger partial charge in [-0.15, -0.1) is 0 Å². The molecule has 0 spiro atoms. The van der Waals surface area contributed by atoms with E-state index in [0.29, 0.717) is 6.04 Å². The van der Waals surface area contributed by atoms with Gasteiger partial charge in [-0.05, 0) is 57.9 Å². The van der Waals surface area contributed by atoms with Crippen LogP contribution in [0.5, 0.6) is 0 Å². The summed E-state index contributed by atoms with van der Waals surface area (Å²) in [5, 5.41) is 3.96. The number of amidine groups is 1. The lowest BCUT2D eigenvalue weighted by Crippen LogP contribution is -2.30. The maximum absolute atomic E-state index is 5.83. The predicted molar refractivity (Wildman–Crippen MR) is 79.2 cm³/mol. The summed E-state index contributed by atoms with van der Waals surface area (Å²) in [7, 11) is 0. The highest BCUT2D eigenvalue weighted by Gasteiger charge is 1.98.